The van der Waals surface area contributed by atoms with Crippen molar-refractivity contribution in [2.75, 3.05) is 24.1 Å². The number of sulfonamides is 1. The van der Waals surface area contributed by atoms with Crippen molar-refractivity contribution in [3.8, 4) is 11.5 Å². The Bertz CT molecular complexity index is 1800. The van der Waals surface area contributed by atoms with E-state index in [0.29, 0.717) is 40.3 Å². The number of halogens is 2. The first kappa shape index (κ1) is 34.1. The predicted octanol–water partition coefficient (Wildman–Crippen LogP) is 6.12. The molecule has 0 saturated carbocycles. The zero-order valence-corrected chi connectivity index (χ0v) is 28.3. The third-order valence-electron chi connectivity index (χ3n) is 7.52. The van der Waals surface area contributed by atoms with E-state index >= 15 is 0 Å². The van der Waals surface area contributed by atoms with Crippen molar-refractivity contribution >= 4 is 50.7 Å². The summed E-state index contributed by atoms with van der Waals surface area (Å²) in [6.07, 6.45) is 0.155. The van der Waals surface area contributed by atoms with Crippen LogP contribution in [0.4, 0.5) is 5.69 Å². The molecule has 12 heteroatoms. The van der Waals surface area contributed by atoms with Crippen LogP contribution in [0.5, 0.6) is 11.5 Å². The van der Waals surface area contributed by atoms with Gasteiger partial charge in [-0.1, -0.05) is 77.8 Å². The maximum Gasteiger partial charge on any atom is 0.264 e. The fourth-order valence-corrected chi connectivity index (χ4v) is 7.17. The molecule has 0 radical (unpaired) electrons. The average molecular weight is 697 g/mol. The number of ether oxygens (including phenoxy) is 2. The second-order valence-electron chi connectivity index (χ2n) is 11.2. The largest absolute Gasteiger partial charge is 0.486 e. The first-order chi connectivity index (χ1) is 22.5. The third kappa shape index (κ3) is 8.19. The Morgan fingerprint density at radius 2 is 1.45 bits per heavy atom. The van der Waals surface area contributed by atoms with Crippen molar-refractivity contribution in [2.24, 2.45) is 0 Å². The van der Waals surface area contributed by atoms with E-state index < -0.39 is 34.4 Å². The molecule has 2 amide bonds. The van der Waals surface area contributed by atoms with Gasteiger partial charge in [0.25, 0.3) is 10.0 Å². The fraction of sp³-hybridized carbons (Fsp3) is 0.257. The van der Waals surface area contributed by atoms with Crippen molar-refractivity contribution in [2.45, 2.75) is 43.8 Å². The van der Waals surface area contributed by atoms with E-state index in [2.05, 4.69) is 5.32 Å². The van der Waals surface area contributed by atoms with Crippen molar-refractivity contribution in [1.82, 2.24) is 10.2 Å². The van der Waals surface area contributed by atoms with Crippen LogP contribution in [0.2, 0.25) is 10.0 Å². The summed E-state index contributed by atoms with van der Waals surface area (Å²) in [4.78, 5) is 29.8. The summed E-state index contributed by atoms with van der Waals surface area (Å²) < 4.78 is 40.9. The monoisotopic (exact) mass is 695 g/mol. The van der Waals surface area contributed by atoms with Crippen LogP contribution >= 0.6 is 23.2 Å². The summed E-state index contributed by atoms with van der Waals surface area (Å²) in [6, 6.07) is 25.5. The Balaban J connectivity index is 1.61. The Kier molecular flexibility index (Phi) is 11.0. The molecule has 4 aromatic carbocycles. The van der Waals surface area contributed by atoms with E-state index in [9.17, 15) is 18.0 Å². The molecular formula is C35H35Cl2N3O6S. The lowest BCUT2D eigenvalue weighted by molar-refractivity contribution is -0.140. The number of hydrogen-bond donors (Lipinski definition) is 1. The molecule has 1 heterocycles. The lowest BCUT2D eigenvalue weighted by Crippen LogP contribution is -2.54. The van der Waals surface area contributed by atoms with Gasteiger partial charge in [-0.15, -0.1) is 0 Å². The minimum Gasteiger partial charge on any atom is -0.486 e. The first-order valence-electron chi connectivity index (χ1n) is 15.1. The highest BCUT2D eigenvalue weighted by Crippen LogP contribution is 2.36. The van der Waals surface area contributed by atoms with Gasteiger partial charge in [0.1, 0.15) is 25.8 Å². The van der Waals surface area contributed by atoms with Gasteiger partial charge >= 0.3 is 0 Å². The Hall–Kier alpha value is -4.25. The molecule has 0 spiro atoms. The number of fused-ring (bicyclic) bond motifs is 1. The number of hydrogen-bond acceptors (Lipinski definition) is 6. The fourth-order valence-electron chi connectivity index (χ4n) is 5.22. The molecule has 1 aliphatic heterocycles. The second-order valence-corrected chi connectivity index (χ2v) is 13.9. The van der Waals surface area contributed by atoms with Gasteiger partial charge in [-0.25, -0.2) is 8.42 Å². The molecular weight excluding hydrogens is 661 g/mol. The van der Waals surface area contributed by atoms with Crippen LogP contribution in [0.3, 0.4) is 0 Å². The zero-order valence-electron chi connectivity index (χ0n) is 25.9. The van der Waals surface area contributed by atoms with Gasteiger partial charge in [-0.3, -0.25) is 13.9 Å². The SMILES string of the molecule is CC(C)NC(=O)C(Cc1ccccc1)N(Cc1c(Cl)cccc1Cl)C(=O)CN(c1ccc2c(c1)OCCO2)S(=O)(=O)c1ccccc1. The summed E-state index contributed by atoms with van der Waals surface area (Å²) in [5, 5.41) is 3.54. The van der Waals surface area contributed by atoms with Crippen LogP contribution in [0.25, 0.3) is 0 Å². The van der Waals surface area contributed by atoms with E-state index in [1.54, 1.807) is 48.5 Å². The Labute approximate surface area is 285 Å². The molecule has 0 saturated heterocycles. The summed E-state index contributed by atoms with van der Waals surface area (Å²) in [6.45, 7) is 3.51. The smallest absolute Gasteiger partial charge is 0.264 e. The summed E-state index contributed by atoms with van der Waals surface area (Å²) in [5.41, 5.74) is 1.42. The number of carbonyl (C=O) groups is 2. The van der Waals surface area contributed by atoms with E-state index in [1.165, 1.54) is 23.1 Å². The maximum absolute atomic E-state index is 14.6. The Morgan fingerprint density at radius 3 is 2.09 bits per heavy atom. The molecule has 1 atom stereocenters. The van der Waals surface area contributed by atoms with Gasteiger partial charge in [0.05, 0.1) is 10.6 Å². The van der Waals surface area contributed by atoms with Gasteiger partial charge in [-0.05, 0) is 55.8 Å². The van der Waals surface area contributed by atoms with E-state index in [0.717, 1.165) is 9.87 Å². The van der Waals surface area contributed by atoms with Crippen LogP contribution in [-0.4, -0.2) is 57.0 Å². The zero-order chi connectivity index (χ0) is 33.6. The summed E-state index contributed by atoms with van der Waals surface area (Å²) in [5.74, 6) is -0.230. The number of benzene rings is 4. The van der Waals surface area contributed by atoms with Crippen LogP contribution in [-0.2, 0) is 32.6 Å². The van der Waals surface area contributed by atoms with Crippen molar-refractivity contribution in [3.63, 3.8) is 0 Å². The number of amides is 2. The highest BCUT2D eigenvalue weighted by molar-refractivity contribution is 7.92. The van der Waals surface area contributed by atoms with E-state index in [4.69, 9.17) is 32.7 Å². The van der Waals surface area contributed by atoms with Crippen LogP contribution in [0, 0.1) is 0 Å². The number of nitrogens with zero attached hydrogens (tertiary/aromatic N) is 2. The van der Waals surface area contributed by atoms with Gasteiger partial charge in [-0.2, -0.15) is 0 Å². The summed E-state index contributed by atoms with van der Waals surface area (Å²) in [7, 11) is -4.29. The van der Waals surface area contributed by atoms with E-state index in [1.807, 2.05) is 44.2 Å². The van der Waals surface area contributed by atoms with Crippen LogP contribution in [0.1, 0.15) is 25.0 Å². The summed E-state index contributed by atoms with van der Waals surface area (Å²) >= 11 is 13.1. The van der Waals surface area contributed by atoms with E-state index in [-0.39, 0.29) is 29.6 Å². The minimum atomic E-state index is -4.29. The molecule has 0 aliphatic carbocycles. The first-order valence-corrected chi connectivity index (χ1v) is 17.3. The number of anilines is 1. The highest BCUT2D eigenvalue weighted by atomic mass is 35.5. The molecule has 0 aromatic heterocycles. The van der Waals surface area contributed by atoms with Crippen molar-refractivity contribution < 1.29 is 27.5 Å². The molecule has 246 valence electrons. The number of carbonyl (C=O) groups excluding carboxylic acids is 2. The standard InChI is InChI=1S/C35H35Cl2N3O6S/c1-24(2)38-35(42)31(20-25-10-5-3-6-11-25)39(22-28-29(36)14-9-15-30(28)37)34(41)23-40(47(43,44)27-12-7-4-8-13-27)26-16-17-32-33(21-26)46-19-18-45-32/h3-17,21,24,31H,18-20,22-23H2,1-2H3,(H,38,42). The molecule has 0 fully saturated rings. The van der Waals surface area contributed by atoms with Crippen LogP contribution < -0.4 is 19.1 Å². The lowest BCUT2D eigenvalue weighted by atomic mass is 10.0. The molecule has 1 aliphatic rings. The molecule has 47 heavy (non-hydrogen) atoms. The highest BCUT2D eigenvalue weighted by Gasteiger charge is 2.36. The average Bonchev–Trinajstić information content (AvgIpc) is 3.06. The molecule has 4 aromatic rings. The minimum absolute atomic E-state index is 0.0122. The normalized spacial score (nSPS) is 13.1. The van der Waals surface area contributed by atoms with Crippen LogP contribution in [0.15, 0.2) is 102 Å². The number of nitrogens with one attached hydrogen (secondary N) is 1. The topological polar surface area (TPSA) is 105 Å². The second kappa shape index (κ2) is 15.1. The molecule has 1 unspecified atom stereocenters. The quantitative estimate of drug-likeness (QED) is 0.191. The lowest BCUT2D eigenvalue weighted by Gasteiger charge is -2.34. The maximum atomic E-state index is 14.6. The Morgan fingerprint density at radius 1 is 0.830 bits per heavy atom. The van der Waals surface area contributed by atoms with Gasteiger partial charge in [0.15, 0.2) is 11.5 Å². The molecule has 5 rings (SSSR count). The van der Waals surface area contributed by atoms with Crippen molar-refractivity contribution in [1.29, 1.82) is 0 Å². The molecule has 9 nitrogen and oxygen atoms in total. The van der Waals surface area contributed by atoms with Crippen molar-refractivity contribution in [3.05, 3.63) is 118 Å². The molecule has 0 bridgehead atoms. The van der Waals surface area contributed by atoms with Gasteiger partial charge < -0.3 is 19.7 Å². The predicted molar refractivity (Wildman–Crippen MR) is 183 cm³/mol. The van der Waals surface area contributed by atoms with Gasteiger partial charge in [0.2, 0.25) is 11.8 Å². The number of rotatable bonds is 12. The van der Waals surface area contributed by atoms with Gasteiger partial charge in [0, 0.05) is 40.7 Å². The molecule has 1 N–H and O–H groups in total. The third-order valence-corrected chi connectivity index (χ3v) is 10.0.